The molecule has 148 valence electrons. The third kappa shape index (κ3) is 5.85. The minimum Gasteiger partial charge on any atom is -0.341 e. The van der Waals surface area contributed by atoms with E-state index in [2.05, 4.69) is 20.4 Å². The molecule has 8 nitrogen and oxygen atoms in total. The number of rotatable bonds is 8. The molecule has 0 aliphatic rings. The number of pyridine rings is 1. The summed E-state index contributed by atoms with van der Waals surface area (Å²) in [5, 5.41) is 6.62. The molecule has 0 unspecified atom stereocenters. The van der Waals surface area contributed by atoms with E-state index in [9.17, 15) is 13.2 Å². The van der Waals surface area contributed by atoms with Crippen LogP contribution in [0.2, 0.25) is 0 Å². The van der Waals surface area contributed by atoms with Crippen LogP contribution < -0.4 is 5.32 Å². The molecule has 0 radical (unpaired) electrons. The zero-order valence-corrected chi connectivity index (χ0v) is 17.1. The molecule has 0 fully saturated rings. The highest BCUT2D eigenvalue weighted by molar-refractivity contribution is 7.91. The van der Waals surface area contributed by atoms with Crippen molar-refractivity contribution in [3.05, 3.63) is 35.6 Å². The number of hydrogen-bond acceptors (Lipinski definition) is 7. The fraction of sp³-hybridized carbons (Fsp3) is 0.556. The first-order chi connectivity index (χ1) is 12.6. The Kier molecular flexibility index (Phi) is 6.69. The quantitative estimate of drug-likeness (QED) is 0.732. The summed E-state index contributed by atoms with van der Waals surface area (Å²) in [6.45, 7) is 9.34. The molecule has 0 aliphatic heterocycles. The maximum absolute atomic E-state index is 12.7. The standard InChI is InChI=1S/C18H26N4O4S/c1-11(2)9-15(17-19-13(5)26-22-17)21-18(23)14-7-6-8-16(20-14)27(24,25)10-12(3)4/h6-8,11-12,15H,9-10H2,1-5H3,(H,21,23)/t15-/m0/s1. The first-order valence-electron chi connectivity index (χ1n) is 8.89. The lowest BCUT2D eigenvalue weighted by Gasteiger charge is -2.17. The highest BCUT2D eigenvalue weighted by atomic mass is 32.2. The number of nitrogens with one attached hydrogen (secondary N) is 1. The lowest BCUT2D eigenvalue weighted by atomic mass is 10.0. The van der Waals surface area contributed by atoms with Gasteiger partial charge in [-0.2, -0.15) is 4.98 Å². The second kappa shape index (κ2) is 8.60. The van der Waals surface area contributed by atoms with E-state index in [1.165, 1.54) is 18.2 Å². The van der Waals surface area contributed by atoms with Crippen molar-refractivity contribution in [1.29, 1.82) is 0 Å². The summed E-state index contributed by atoms with van der Waals surface area (Å²) < 4.78 is 29.8. The number of carbonyl (C=O) groups is 1. The van der Waals surface area contributed by atoms with Gasteiger partial charge in [0.2, 0.25) is 5.89 Å². The van der Waals surface area contributed by atoms with E-state index in [0.717, 1.165) is 0 Å². The summed E-state index contributed by atoms with van der Waals surface area (Å²) >= 11 is 0. The van der Waals surface area contributed by atoms with E-state index >= 15 is 0 Å². The van der Waals surface area contributed by atoms with Gasteiger partial charge in [-0.15, -0.1) is 0 Å². The minimum atomic E-state index is -3.54. The van der Waals surface area contributed by atoms with Gasteiger partial charge in [0.1, 0.15) is 5.69 Å². The van der Waals surface area contributed by atoms with Crippen molar-refractivity contribution in [3.8, 4) is 0 Å². The average Bonchev–Trinajstić information content (AvgIpc) is 2.99. The summed E-state index contributed by atoms with van der Waals surface area (Å²) in [5.74, 6) is 0.533. The Labute approximate surface area is 159 Å². The van der Waals surface area contributed by atoms with E-state index in [-0.39, 0.29) is 28.3 Å². The normalized spacial score (nSPS) is 13.1. The highest BCUT2D eigenvalue weighted by Gasteiger charge is 2.24. The third-order valence-corrected chi connectivity index (χ3v) is 5.67. The molecule has 0 bridgehead atoms. The number of nitrogens with zero attached hydrogens (tertiary/aromatic N) is 3. The van der Waals surface area contributed by atoms with Crippen molar-refractivity contribution in [2.24, 2.45) is 11.8 Å². The second-order valence-electron chi connectivity index (χ2n) is 7.36. The van der Waals surface area contributed by atoms with Crippen molar-refractivity contribution < 1.29 is 17.7 Å². The van der Waals surface area contributed by atoms with E-state index in [0.29, 0.717) is 18.1 Å². The molecule has 0 spiro atoms. The van der Waals surface area contributed by atoms with Crippen LogP contribution in [-0.2, 0) is 9.84 Å². The molecule has 0 saturated carbocycles. The van der Waals surface area contributed by atoms with Gasteiger partial charge >= 0.3 is 0 Å². The predicted molar refractivity (Wildman–Crippen MR) is 99.8 cm³/mol. The first-order valence-corrected chi connectivity index (χ1v) is 10.5. The molecule has 0 saturated heterocycles. The van der Waals surface area contributed by atoms with Crippen LogP contribution in [0.4, 0.5) is 0 Å². The molecule has 2 rings (SSSR count). The van der Waals surface area contributed by atoms with Gasteiger partial charge in [-0.25, -0.2) is 13.4 Å². The van der Waals surface area contributed by atoms with E-state index < -0.39 is 21.8 Å². The molecule has 1 N–H and O–H groups in total. The number of aryl methyl sites for hydroxylation is 1. The fourth-order valence-corrected chi connectivity index (χ4v) is 4.20. The van der Waals surface area contributed by atoms with Crippen LogP contribution in [-0.4, -0.2) is 35.2 Å². The molecule has 2 aromatic rings. The van der Waals surface area contributed by atoms with Crippen LogP contribution >= 0.6 is 0 Å². The van der Waals surface area contributed by atoms with Gasteiger partial charge in [-0.05, 0) is 30.4 Å². The SMILES string of the molecule is Cc1nc([C@H](CC(C)C)NC(=O)c2cccc(S(=O)(=O)CC(C)C)n2)no1. The van der Waals surface area contributed by atoms with Crippen molar-refractivity contribution in [2.75, 3.05) is 5.75 Å². The number of sulfone groups is 1. The smallest absolute Gasteiger partial charge is 0.270 e. The van der Waals surface area contributed by atoms with Gasteiger partial charge in [0.25, 0.3) is 5.91 Å². The van der Waals surface area contributed by atoms with Crippen molar-refractivity contribution >= 4 is 15.7 Å². The van der Waals surface area contributed by atoms with Crippen LogP contribution in [0.15, 0.2) is 27.7 Å². The Bertz CT molecular complexity index is 890. The predicted octanol–water partition coefficient (Wildman–Crippen LogP) is 2.72. The monoisotopic (exact) mass is 394 g/mol. The summed E-state index contributed by atoms with van der Waals surface area (Å²) in [6.07, 6.45) is 0.607. The molecular weight excluding hydrogens is 368 g/mol. The maximum atomic E-state index is 12.7. The largest absolute Gasteiger partial charge is 0.341 e. The summed E-state index contributed by atoms with van der Waals surface area (Å²) in [4.78, 5) is 20.9. The molecule has 0 aliphatic carbocycles. The average molecular weight is 394 g/mol. The maximum Gasteiger partial charge on any atom is 0.270 e. The van der Waals surface area contributed by atoms with Crippen LogP contribution in [0.1, 0.15) is 62.4 Å². The van der Waals surface area contributed by atoms with Gasteiger partial charge in [-0.1, -0.05) is 38.9 Å². The Morgan fingerprint density at radius 1 is 1.15 bits per heavy atom. The molecule has 2 aromatic heterocycles. The van der Waals surface area contributed by atoms with Crippen molar-refractivity contribution in [3.63, 3.8) is 0 Å². The minimum absolute atomic E-state index is 0.0246. The molecule has 1 amide bonds. The second-order valence-corrected chi connectivity index (χ2v) is 9.34. The molecule has 9 heteroatoms. The van der Waals surface area contributed by atoms with Crippen LogP contribution in [0, 0.1) is 18.8 Å². The lowest BCUT2D eigenvalue weighted by Crippen LogP contribution is -2.31. The summed E-state index contributed by atoms with van der Waals surface area (Å²) in [7, 11) is -3.54. The highest BCUT2D eigenvalue weighted by Crippen LogP contribution is 2.20. The molecular formula is C18H26N4O4S. The van der Waals surface area contributed by atoms with E-state index in [1.54, 1.807) is 6.92 Å². The molecule has 1 atom stereocenters. The van der Waals surface area contributed by atoms with Crippen molar-refractivity contribution in [1.82, 2.24) is 20.4 Å². The number of amides is 1. The zero-order valence-electron chi connectivity index (χ0n) is 16.3. The number of aromatic nitrogens is 3. The van der Waals surface area contributed by atoms with Gasteiger partial charge in [0, 0.05) is 6.92 Å². The van der Waals surface area contributed by atoms with Gasteiger partial charge in [-0.3, -0.25) is 4.79 Å². The zero-order chi connectivity index (χ0) is 20.2. The summed E-state index contributed by atoms with van der Waals surface area (Å²) in [6, 6.07) is 3.96. The molecule has 27 heavy (non-hydrogen) atoms. The van der Waals surface area contributed by atoms with Gasteiger partial charge in [0.05, 0.1) is 11.8 Å². The Morgan fingerprint density at radius 2 is 1.85 bits per heavy atom. The topological polar surface area (TPSA) is 115 Å². The van der Waals surface area contributed by atoms with Crippen LogP contribution in [0.3, 0.4) is 0 Å². The summed E-state index contributed by atoms with van der Waals surface area (Å²) in [5.41, 5.74) is 0.0359. The third-order valence-electron chi connectivity index (χ3n) is 3.69. The van der Waals surface area contributed by atoms with Gasteiger partial charge < -0.3 is 9.84 Å². The Morgan fingerprint density at radius 3 is 2.41 bits per heavy atom. The van der Waals surface area contributed by atoms with Crippen LogP contribution in [0.5, 0.6) is 0 Å². The lowest BCUT2D eigenvalue weighted by molar-refractivity contribution is 0.0923. The van der Waals surface area contributed by atoms with Gasteiger partial charge in [0.15, 0.2) is 20.7 Å². The Hall–Kier alpha value is -2.29. The van der Waals surface area contributed by atoms with E-state index in [1.807, 2.05) is 27.7 Å². The molecule has 2 heterocycles. The Balaban J connectivity index is 2.24. The van der Waals surface area contributed by atoms with Crippen molar-refractivity contribution in [2.45, 2.75) is 52.1 Å². The fourth-order valence-electron chi connectivity index (χ4n) is 2.63. The molecule has 0 aromatic carbocycles. The number of carbonyl (C=O) groups excluding carboxylic acids is 1. The number of hydrogen-bond donors (Lipinski definition) is 1. The van der Waals surface area contributed by atoms with E-state index in [4.69, 9.17) is 4.52 Å². The van der Waals surface area contributed by atoms with Crippen LogP contribution in [0.25, 0.3) is 0 Å². The first kappa shape index (κ1) is 21.0.